The maximum absolute atomic E-state index is 13.0. The molecule has 28 heavy (non-hydrogen) atoms. The van der Waals surface area contributed by atoms with Gasteiger partial charge in [-0.25, -0.2) is 4.79 Å². The lowest BCUT2D eigenvalue weighted by molar-refractivity contribution is -0.139. The first kappa shape index (κ1) is 20.9. The van der Waals surface area contributed by atoms with Crippen LogP contribution < -0.4 is 10.1 Å². The van der Waals surface area contributed by atoms with Crippen molar-refractivity contribution in [1.29, 1.82) is 0 Å². The molecule has 2 aromatic carbocycles. The summed E-state index contributed by atoms with van der Waals surface area (Å²) in [6.45, 7) is 1.22. The Hall–Kier alpha value is -3.36. The molecular formula is C19H16F3NO5. The number of carboxylic acids is 1. The van der Waals surface area contributed by atoms with Crippen molar-refractivity contribution in [2.24, 2.45) is 0 Å². The predicted molar refractivity (Wildman–Crippen MR) is 91.8 cm³/mol. The summed E-state index contributed by atoms with van der Waals surface area (Å²) in [7, 11) is 0. The summed E-state index contributed by atoms with van der Waals surface area (Å²) in [6, 6.07) is 8.53. The van der Waals surface area contributed by atoms with Gasteiger partial charge in [0.15, 0.2) is 0 Å². The molecule has 0 fully saturated rings. The van der Waals surface area contributed by atoms with E-state index in [-0.39, 0.29) is 12.2 Å². The Morgan fingerprint density at radius 1 is 1.07 bits per heavy atom. The minimum absolute atomic E-state index is 0.171. The summed E-state index contributed by atoms with van der Waals surface area (Å²) in [5.41, 5.74) is -1.33. The molecule has 0 saturated heterocycles. The molecule has 1 atom stereocenters. The molecule has 2 N–H and O–H groups in total. The number of ether oxygens (including phenoxy) is 1. The van der Waals surface area contributed by atoms with E-state index in [0.29, 0.717) is 5.56 Å². The van der Waals surface area contributed by atoms with Crippen LogP contribution in [0.3, 0.4) is 0 Å². The fourth-order valence-corrected chi connectivity index (χ4v) is 2.46. The highest BCUT2D eigenvalue weighted by Crippen LogP contribution is 2.31. The van der Waals surface area contributed by atoms with Gasteiger partial charge in [0.25, 0.3) is 5.91 Å². The average molecular weight is 395 g/mol. The number of benzene rings is 2. The predicted octanol–water partition coefficient (Wildman–Crippen LogP) is 3.06. The molecule has 1 unspecified atom stereocenters. The normalized spacial score (nSPS) is 12.1. The summed E-state index contributed by atoms with van der Waals surface area (Å²) in [6.07, 6.45) is -4.92. The molecule has 6 nitrogen and oxygen atoms in total. The van der Waals surface area contributed by atoms with E-state index in [2.05, 4.69) is 5.32 Å². The van der Waals surface area contributed by atoms with E-state index in [4.69, 9.17) is 4.74 Å². The molecule has 0 spiro atoms. The quantitative estimate of drug-likeness (QED) is 0.579. The Bertz CT molecular complexity index is 878. The summed E-state index contributed by atoms with van der Waals surface area (Å²) in [5.74, 6) is -2.81. The van der Waals surface area contributed by atoms with Crippen LogP contribution in [0.15, 0.2) is 48.5 Å². The Balaban J connectivity index is 2.17. The zero-order valence-corrected chi connectivity index (χ0v) is 14.6. The standard InChI is InChI=1S/C19H16F3NO5/c1-11(24)28-13-8-6-12(7-9-13)10-16(18(26)27)23-17(25)14-4-2-3-5-15(14)19(20,21)22/h2-9,16H,10H2,1H3,(H,23,25)(H,26,27). The molecule has 2 aromatic rings. The number of carbonyl (C=O) groups is 3. The summed E-state index contributed by atoms with van der Waals surface area (Å²) in [5, 5.41) is 11.4. The lowest BCUT2D eigenvalue weighted by atomic mass is 10.0. The maximum atomic E-state index is 13.0. The third-order valence-electron chi connectivity index (χ3n) is 3.71. The van der Waals surface area contributed by atoms with Gasteiger partial charge < -0.3 is 15.2 Å². The van der Waals surface area contributed by atoms with E-state index in [9.17, 15) is 32.7 Å². The molecule has 0 heterocycles. The number of esters is 1. The zero-order chi connectivity index (χ0) is 20.9. The van der Waals surface area contributed by atoms with Gasteiger partial charge in [-0.15, -0.1) is 0 Å². The molecule has 0 aliphatic heterocycles. The Kier molecular flexibility index (Phi) is 6.40. The van der Waals surface area contributed by atoms with Gasteiger partial charge in [-0.3, -0.25) is 9.59 Å². The molecule has 1 amide bonds. The number of hydrogen-bond donors (Lipinski definition) is 2. The van der Waals surface area contributed by atoms with Crippen molar-refractivity contribution in [3.63, 3.8) is 0 Å². The number of aliphatic carboxylic acids is 1. The monoisotopic (exact) mass is 395 g/mol. The topological polar surface area (TPSA) is 92.7 Å². The number of carboxylic acid groups (broad SMARTS) is 1. The van der Waals surface area contributed by atoms with Gasteiger partial charge >= 0.3 is 18.1 Å². The van der Waals surface area contributed by atoms with Crippen LogP contribution in [-0.2, 0) is 22.2 Å². The van der Waals surface area contributed by atoms with E-state index in [1.807, 2.05) is 0 Å². The van der Waals surface area contributed by atoms with E-state index in [1.54, 1.807) is 0 Å². The zero-order valence-electron chi connectivity index (χ0n) is 14.6. The SMILES string of the molecule is CC(=O)Oc1ccc(CC(NC(=O)c2ccccc2C(F)(F)F)C(=O)O)cc1. The number of hydrogen-bond acceptors (Lipinski definition) is 4. The van der Waals surface area contributed by atoms with Gasteiger partial charge in [-0.1, -0.05) is 24.3 Å². The molecule has 0 aliphatic rings. The molecule has 0 aliphatic carbocycles. The third-order valence-corrected chi connectivity index (χ3v) is 3.71. The van der Waals surface area contributed by atoms with Crippen LogP contribution in [0.25, 0.3) is 0 Å². The van der Waals surface area contributed by atoms with Gasteiger partial charge in [0, 0.05) is 13.3 Å². The molecule has 148 valence electrons. The number of carbonyl (C=O) groups excluding carboxylic acids is 2. The average Bonchev–Trinajstić information content (AvgIpc) is 2.61. The van der Waals surface area contributed by atoms with Crippen LogP contribution in [0.5, 0.6) is 5.75 Å². The number of alkyl halides is 3. The number of halogens is 3. The number of nitrogens with one attached hydrogen (secondary N) is 1. The van der Waals surface area contributed by atoms with Gasteiger partial charge in [0.05, 0.1) is 11.1 Å². The third kappa shape index (κ3) is 5.57. The van der Waals surface area contributed by atoms with Crippen LogP contribution >= 0.6 is 0 Å². The minimum atomic E-state index is -4.75. The van der Waals surface area contributed by atoms with Crippen LogP contribution in [0.2, 0.25) is 0 Å². The Morgan fingerprint density at radius 2 is 1.68 bits per heavy atom. The van der Waals surface area contributed by atoms with Crippen LogP contribution in [0.4, 0.5) is 13.2 Å². The van der Waals surface area contributed by atoms with Crippen molar-refractivity contribution in [1.82, 2.24) is 5.32 Å². The molecule has 2 rings (SSSR count). The smallest absolute Gasteiger partial charge is 0.417 e. The van der Waals surface area contributed by atoms with Gasteiger partial charge in [-0.2, -0.15) is 13.2 Å². The highest BCUT2D eigenvalue weighted by molar-refractivity contribution is 5.98. The van der Waals surface area contributed by atoms with Gasteiger partial charge in [-0.05, 0) is 29.8 Å². The molecule has 0 saturated carbocycles. The Morgan fingerprint density at radius 3 is 2.21 bits per heavy atom. The van der Waals surface area contributed by atoms with Crippen molar-refractivity contribution in [3.05, 3.63) is 65.2 Å². The van der Waals surface area contributed by atoms with E-state index in [0.717, 1.165) is 18.2 Å². The molecule has 0 bridgehead atoms. The second kappa shape index (κ2) is 8.55. The lowest BCUT2D eigenvalue weighted by Gasteiger charge is -2.17. The maximum Gasteiger partial charge on any atom is 0.417 e. The number of rotatable bonds is 6. The van der Waals surface area contributed by atoms with Crippen molar-refractivity contribution in [2.45, 2.75) is 25.6 Å². The van der Waals surface area contributed by atoms with Crippen molar-refractivity contribution in [3.8, 4) is 5.75 Å². The highest BCUT2D eigenvalue weighted by Gasteiger charge is 2.35. The summed E-state index contributed by atoms with van der Waals surface area (Å²) in [4.78, 5) is 34.6. The first-order valence-electron chi connectivity index (χ1n) is 8.05. The van der Waals surface area contributed by atoms with Gasteiger partial charge in [0.2, 0.25) is 0 Å². The molecule has 0 aromatic heterocycles. The second-order valence-electron chi connectivity index (χ2n) is 5.85. The highest BCUT2D eigenvalue weighted by atomic mass is 19.4. The fraction of sp³-hybridized carbons (Fsp3) is 0.211. The van der Waals surface area contributed by atoms with Gasteiger partial charge in [0.1, 0.15) is 11.8 Å². The molecular weight excluding hydrogens is 379 g/mol. The van der Waals surface area contributed by atoms with Crippen LogP contribution in [0, 0.1) is 0 Å². The Labute approximate surface area is 157 Å². The summed E-state index contributed by atoms with van der Waals surface area (Å²) >= 11 is 0. The molecule has 9 heteroatoms. The fourth-order valence-electron chi connectivity index (χ4n) is 2.46. The van der Waals surface area contributed by atoms with Crippen molar-refractivity contribution in [2.75, 3.05) is 0 Å². The van der Waals surface area contributed by atoms with E-state index < -0.39 is 41.2 Å². The van der Waals surface area contributed by atoms with E-state index >= 15 is 0 Å². The van der Waals surface area contributed by atoms with Crippen LogP contribution in [-0.4, -0.2) is 29.0 Å². The minimum Gasteiger partial charge on any atom is -0.480 e. The number of amides is 1. The van der Waals surface area contributed by atoms with Crippen molar-refractivity contribution >= 4 is 17.8 Å². The largest absolute Gasteiger partial charge is 0.480 e. The first-order valence-corrected chi connectivity index (χ1v) is 8.05. The second-order valence-corrected chi connectivity index (χ2v) is 5.85. The van der Waals surface area contributed by atoms with Crippen molar-refractivity contribution < 1.29 is 37.4 Å². The lowest BCUT2D eigenvalue weighted by Crippen LogP contribution is -2.42. The van der Waals surface area contributed by atoms with E-state index in [1.165, 1.54) is 37.3 Å². The first-order chi connectivity index (χ1) is 13.1. The summed E-state index contributed by atoms with van der Waals surface area (Å²) < 4.78 is 44.0. The van der Waals surface area contributed by atoms with Crippen LogP contribution in [0.1, 0.15) is 28.4 Å². The molecule has 0 radical (unpaired) electrons.